The zero-order chi connectivity index (χ0) is 12.1. The van der Waals surface area contributed by atoms with E-state index in [9.17, 15) is 4.79 Å². The molecule has 1 heterocycles. The molecular formula is C11H16N4O2. The number of amides is 2. The molecule has 1 aromatic carbocycles. The molecule has 1 saturated heterocycles. The Kier molecular flexibility index (Phi) is 3.79. The third-order valence-corrected chi connectivity index (χ3v) is 2.63. The Balaban J connectivity index is 1.99. The maximum Gasteiger partial charge on any atom is 0.333 e. The van der Waals surface area contributed by atoms with Crippen LogP contribution in [-0.2, 0) is 4.74 Å². The minimum Gasteiger partial charge on any atom is -0.378 e. The van der Waals surface area contributed by atoms with Crippen LogP contribution in [0.3, 0.4) is 0 Å². The molecule has 1 aliphatic rings. The Morgan fingerprint density at radius 3 is 2.47 bits per heavy atom. The van der Waals surface area contributed by atoms with Crippen molar-refractivity contribution in [1.29, 1.82) is 0 Å². The summed E-state index contributed by atoms with van der Waals surface area (Å²) in [4.78, 5) is 13.2. The second-order valence-electron chi connectivity index (χ2n) is 3.74. The monoisotopic (exact) mass is 236 g/mol. The highest BCUT2D eigenvalue weighted by atomic mass is 16.5. The van der Waals surface area contributed by atoms with Crippen molar-refractivity contribution in [2.75, 3.05) is 36.5 Å². The molecule has 0 unspecified atom stereocenters. The largest absolute Gasteiger partial charge is 0.378 e. The van der Waals surface area contributed by atoms with Gasteiger partial charge in [-0.15, -0.1) is 0 Å². The second-order valence-corrected chi connectivity index (χ2v) is 3.74. The number of hydrogen-bond donors (Lipinski definition) is 3. The third kappa shape index (κ3) is 3.08. The summed E-state index contributed by atoms with van der Waals surface area (Å²) >= 11 is 0. The molecular weight excluding hydrogens is 220 g/mol. The number of nitrogens with two attached hydrogens (primary N) is 1. The van der Waals surface area contributed by atoms with Crippen molar-refractivity contribution in [2.24, 2.45) is 5.84 Å². The number of carbonyl (C=O) groups excluding carboxylic acids is 1. The normalized spacial score (nSPS) is 15.5. The molecule has 0 bridgehead atoms. The zero-order valence-electron chi connectivity index (χ0n) is 9.48. The molecule has 6 heteroatoms. The second kappa shape index (κ2) is 5.51. The summed E-state index contributed by atoms with van der Waals surface area (Å²) in [5, 5.41) is 2.60. The van der Waals surface area contributed by atoms with E-state index >= 15 is 0 Å². The van der Waals surface area contributed by atoms with Crippen LogP contribution < -0.4 is 21.5 Å². The first-order valence-electron chi connectivity index (χ1n) is 5.50. The summed E-state index contributed by atoms with van der Waals surface area (Å²) < 4.78 is 5.29. The van der Waals surface area contributed by atoms with Crippen LogP contribution in [0.25, 0.3) is 0 Å². The van der Waals surface area contributed by atoms with Gasteiger partial charge in [0.05, 0.1) is 13.2 Å². The average Bonchev–Trinajstić information content (AvgIpc) is 2.40. The summed E-state index contributed by atoms with van der Waals surface area (Å²) in [6.45, 7) is 3.32. The van der Waals surface area contributed by atoms with Crippen LogP contribution >= 0.6 is 0 Å². The quantitative estimate of drug-likeness (QED) is 0.397. The lowest BCUT2D eigenvalue weighted by Gasteiger charge is -2.28. The third-order valence-electron chi connectivity index (χ3n) is 2.63. The molecule has 1 aliphatic heterocycles. The van der Waals surface area contributed by atoms with Crippen molar-refractivity contribution in [2.45, 2.75) is 0 Å². The molecule has 17 heavy (non-hydrogen) atoms. The highest BCUT2D eigenvalue weighted by molar-refractivity contribution is 5.88. The number of urea groups is 1. The van der Waals surface area contributed by atoms with E-state index in [0.717, 1.165) is 32.0 Å². The van der Waals surface area contributed by atoms with Gasteiger partial charge in [0.2, 0.25) is 0 Å². The summed E-state index contributed by atoms with van der Waals surface area (Å²) in [7, 11) is 0. The number of ether oxygens (including phenoxy) is 1. The zero-order valence-corrected chi connectivity index (χ0v) is 9.48. The number of nitrogens with zero attached hydrogens (tertiary/aromatic N) is 1. The van der Waals surface area contributed by atoms with E-state index in [4.69, 9.17) is 10.6 Å². The van der Waals surface area contributed by atoms with Crippen molar-refractivity contribution < 1.29 is 9.53 Å². The predicted molar refractivity (Wildman–Crippen MR) is 65.8 cm³/mol. The van der Waals surface area contributed by atoms with Gasteiger partial charge in [-0.1, -0.05) is 0 Å². The Hall–Kier alpha value is -1.79. The van der Waals surface area contributed by atoms with E-state index in [0.29, 0.717) is 5.69 Å². The topological polar surface area (TPSA) is 79.6 Å². The number of anilines is 2. The molecule has 6 nitrogen and oxygen atoms in total. The molecule has 0 atom stereocenters. The lowest BCUT2D eigenvalue weighted by molar-refractivity contribution is 0.122. The van der Waals surface area contributed by atoms with Gasteiger partial charge in [0.25, 0.3) is 0 Å². The average molecular weight is 236 g/mol. The van der Waals surface area contributed by atoms with Crippen LogP contribution in [0.1, 0.15) is 0 Å². The van der Waals surface area contributed by atoms with E-state index in [-0.39, 0.29) is 0 Å². The fourth-order valence-electron chi connectivity index (χ4n) is 1.74. The Labute approximate surface area is 99.7 Å². The van der Waals surface area contributed by atoms with Crippen LogP contribution in [-0.4, -0.2) is 32.3 Å². The van der Waals surface area contributed by atoms with Gasteiger partial charge in [-0.05, 0) is 24.3 Å². The summed E-state index contributed by atoms with van der Waals surface area (Å²) in [6.07, 6.45) is 0. The number of carbonyl (C=O) groups is 1. The van der Waals surface area contributed by atoms with Crippen LogP contribution in [0.15, 0.2) is 24.3 Å². The number of hydrogen-bond acceptors (Lipinski definition) is 4. The molecule has 0 aliphatic carbocycles. The smallest absolute Gasteiger partial charge is 0.333 e. The van der Waals surface area contributed by atoms with Crippen LogP contribution in [0.5, 0.6) is 0 Å². The maximum absolute atomic E-state index is 11.0. The van der Waals surface area contributed by atoms with Crippen LogP contribution in [0.2, 0.25) is 0 Å². The number of rotatable bonds is 2. The molecule has 0 radical (unpaired) electrons. The molecule has 1 aromatic rings. The van der Waals surface area contributed by atoms with Crippen molar-refractivity contribution in [1.82, 2.24) is 5.43 Å². The standard InChI is InChI=1S/C11H16N4O2/c12-14-11(16)13-9-1-3-10(4-2-9)15-5-7-17-8-6-15/h1-4H,5-8,12H2,(H2,13,14,16). The molecule has 0 aromatic heterocycles. The van der Waals surface area contributed by atoms with Crippen molar-refractivity contribution in [3.63, 3.8) is 0 Å². The fourth-order valence-corrected chi connectivity index (χ4v) is 1.74. The van der Waals surface area contributed by atoms with E-state index in [1.807, 2.05) is 29.7 Å². The number of benzene rings is 1. The minimum absolute atomic E-state index is 0.427. The van der Waals surface area contributed by atoms with Gasteiger partial charge < -0.3 is 15.0 Å². The van der Waals surface area contributed by atoms with Gasteiger partial charge in [-0.25, -0.2) is 10.6 Å². The maximum atomic E-state index is 11.0. The van der Waals surface area contributed by atoms with Gasteiger partial charge in [0.15, 0.2) is 0 Å². The Morgan fingerprint density at radius 1 is 1.24 bits per heavy atom. The minimum atomic E-state index is -0.427. The lowest BCUT2D eigenvalue weighted by Crippen LogP contribution is -2.36. The lowest BCUT2D eigenvalue weighted by atomic mass is 10.2. The Morgan fingerprint density at radius 2 is 1.88 bits per heavy atom. The van der Waals surface area contributed by atoms with Gasteiger partial charge >= 0.3 is 6.03 Å². The molecule has 0 spiro atoms. The fraction of sp³-hybridized carbons (Fsp3) is 0.364. The van der Waals surface area contributed by atoms with Crippen LogP contribution in [0.4, 0.5) is 16.2 Å². The first-order valence-corrected chi connectivity index (χ1v) is 5.50. The van der Waals surface area contributed by atoms with E-state index in [1.54, 1.807) is 0 Å². The van der Waals surface area contributed by atoms with Gasteiger partial charge in [-0.2, -0.15) is 0 Å². The van der Waals surface area contributed by atoms with E-state index in [1.165, 1.54) is 0 Å². The SMILES string of the molecule is NNC(=O)Nc1ccc(N2CCOCC2)cc1. The molecule has 2 amide bonds. The van der Waals surface area contributed by atoms with Gasteiger partial charge in [0, 0.05) is 24.5 Å². The van der Waals surface area contributed by atoms with Crippen LogP contribution in [0, 0.1) is 0 Å². The highest BCUT2D eigenvalue weighted by Gasteiger charge is 2.10. The van der Waals surface area contributed by atoms with Gasteiger partial charge in [0.1, 0.15) is 0 Å². The first kappa shape index (κ1) is 11.7. The highest BCUT2D eigenvalue weighted by Crippen LogP contribution is 2.18. The summed E-state index contributed by atoms with van der Waals surface area (Å²) in [6, 6.07) is 7.21. The van der Waals surface area contributed by atoms with Gasteiger partial charge in [-0.3, -0.25) is 5.43 Å². The van der Waals surface area contributed by atoms with E-state index < -0.39 is 6.03 Å². The molecule has 0 saturated carbocycles. The van der Waals surface area contributed by atoms with Crippen molar-refractivity contribution >= 4 is 17.4 Å². The number of nitrogens with one attached hydrogen (secondary N) is 2. The molecule has 2 rings (SSSR count). The molecule has 1 fully saturated rings. The number of hydrazine groups is 1. The van der Waals surface area contributed by atoms with Crippen molar-refractivity contribution in [3.8, 4) is 0 Å². The predicted octanol–water partition coefficient (Wildman–Crippen LogP) is 0.518. The summed E-state index contributed by atoms with van der Waals surface area (Å²) in [5.74, 6) is 4.98. The first-order chi connectivity index (χ1) is 8.29. The van der Waals surface area contributed by atoms with Crippen molar-refractivity contribution in [3.05, 3.63) is 24.3 Å². The molecule has 4 N–H and O–H groups in total. The summed E-state index contributed by atoms with van der Waals surface area (Å²) in [5.41, 5.74) is 3.86. The Bertz CT molecular complexity index is 374. The molecule has 92 valence electrons. The van der Waals surface area contributed by atoms with E-state index in [2.05, 4.69) is 10.2 Å². The number of morpholine rings is 1.